The van der Waals surface area contributed by atoms with Crippen molar-refractivity contribution >= 4 is 5.78 Å². The van der Waals surface area contributed by atoms with Gasteiger partial charge in [-0.1, -0.05) is 44.2 Å². The molecule has 5 rings (SSSR count). The molecule has 0 saturated carbocycles. The van der Waals surface area contributed by atoms with Gasteiger partial charge < -0.3 is 10.1 Å². The molecule has 3 heterocycles. The zero-order chi connectivity index (χ0) is 17.9. The third kappa shape index (κ3) is 2.23. The molecule has 1 N–H and O–H groups in total. The van der Waals surface area contributed by atoms with Crippen molar-refractivity contribution in [3.63, 3.8) is 0 Å². The van der Waals surface area contributed by atoms with Crippen LogP contribution in [0.15, 0.2) is 63.6 Å². The lowest BCUT2D eigenvalue weighted by Crippen LogP contribution is -2.49. The monoisotopic (exact) mass is 349 g/mol. The van der Waals surface area contributed by atoms with E-state index in [0.717, 1.165) is 35.2 Å². The van der Waals surface area contributed by atoms with E-state index < -0.39 is 5.41 Å². The van der Waals surface area contributed by atoms with E-state index in [1.54, 1.807) is 0 Å². The molecule has 1 aliphatic carbocycles. The van der Waals surface area contributed by atoms with Crippen LogP contribution in [0.4, 0.5) is 0 Å². The maximum atomic E-state index is 13.2. The van der Waals surface area contributed by atoms with Gasteiger partial charge in [0.2, 0.25) is 0 Å². The molecule has 3 atom stereocenters. The van der Waals surface area contributed by atoms with Crippen LogP contribution < -0.4 is 5.32 Å². The van der Waals surface area contributed by atoms with E-state index in [4.69, 9.17) is 4.74 Å². The Kier molecular flexibility index (Phi) is 3.29. The van der Waals surface area contributed by atoms with Gasteiger partial charge in [0, 0.05) is 23.3 Å². The van der Waals surface area contributed by atoms with E-state index >= 15 is 0 Å². The van der Waals surface area contributed by atoms with E-state index in [1.165, 1.54) is 0 Å². The van der Waals surface area contributed by atoms with Crippen molar-refractivity contribution in [3.05, 3.63) is 58.9 Å². The third-order valence-electron chi connectivity index (χ3n) is 6.13. The summed E-state index contributed by atoms with van der Waals surface area (Å²) in [5.41, 5.74) is 3.79. The van der Waals surface area contributed by atoms with Gasteiger partial charge in [-0.15, -0.1) is 0 Å². The number of nitrogens with one attached hydrogen (secondary N) is 1. The van der Waals surface area contributed by atoms with E-state index in [2.05, 4.69) is 41.5 Å². The minimum atomic E-state index is -0.400. The number of rotatable bonds is 1. The number of ketones is 1. The minimum absolute atomic E-state index is 0.00654. The van der Waals surface area contributed by atoms with Gasteiger partial charge in [-0.05, 0) is 23.8 Å². The van der Waals surface area contributed by atoms with Crippen molar-refractivity contribution in [2.45, 2.75) is 45.4 Å². The summed E-state index contributed by atoms with van der Waals surface area (Å²) in [7, 11) is 0. The molecule has 0 amide bonds. The van der Waals surface area contributed by atoms with Gasteiger partial charge in [-0.25, -0.2) is 0 Å². The highest BCUT2D eigenvalue weighted by Crippen LogP contribution is 2.57. The smallest absolute Gasteiger partial charge is 0.164 e. The summed E-state index contributed by atoms with van der Waals surface area (Å²) in [5.74, 6) is 0.243. The molecule has 1 unspecified atom stereocenters. The van der Waals surface area contributed by atoms with Gasteiger partial charge in [0.15, 0.2) is 11.9 Å². The first-order chi connectivity index (χ1) is 12.5. The quantitative estimate of drug-likeness (QED) is 0.832. The Morgan fingerprint density at radius 1 is 1.19 bits per heavy atom. The summed E-state index contributed by atoms with van der Waals surface area (Å²) in [6, 6.07) is 10.3. The van der Waals surface area contributed by atoms with Crippen molar-refractivity contribution in [1.82, 2.24) is 5.32 Å². The molecule has 1 fully saturated rings. The first kappa shape index (κ1) is 15.9. The molecule has 0 bridgehead atoms. The minimum Gasteiger partial charge on any atom is -0.372 e. The Hall–Kier alpha value is -2.27. The highest BCUT2D eigenvalue weighted by Gasteiger charge is 2.56. The van der Waals surface area contributed by atoms with E-state index in [1.807, 2.05) is 24.4 Å². The van der Waals surface area contributed by atoms with E-state index in [9.17, 15) is 4.79 Å². The topological polar surface area (TPSA) is 63.0 Å². The van der Waals surface area contributed by atoms with E-state index in [-0.39, 0.29) is 23.5 Å². The number of Topliss-reactive ketones (excluding diaryl/α,β-unsaturated/α-hetero) is 1. The molecule has 1 aromatic carbocycles. The number of carbonyl (C=O) groups excluding carboxylic acids is 1. The van der Waals surface area contributed by atoms with Crippen molar-refractivity contribution in [1.29, 1.82) is 0 Å². The van der Waals surface area contributed by atoms with Crippen molar-refractivity contribution in [2.24, 2.45) is 21.1 Å². The second-order valence-electron chi connectivity index (χ2n) is 8.65. The number of fused-ring (bicyclic) bond motifs is 3. The van der Waals surface area contributed by atoms with Gasteiger partial charge in [0.25, 0.3) is 0 Å². The Labute approximate surface area is 153 Å². The van der Waals surface area contributed by atoms with Crippen molar-refractivity contribution in [3.8, 4) is 0 Å². The number of nitrogens with zero attached hydrogens (tertiary/aromatic N) is 2. The highest BCUT2D eigenvalue weighted by atomic mass is 16.5. The number of carbonyl (C=O) groups is 1. The summed E-state index contributed by atoms with van der Waals surface area (Å²) in [5, 5.41) is 12.0. The fourth-order valence-electron chi connectivity index (χ4n) is 5.03. The Balaban J connectivity index is 1.61. The number of ether oxygens (including phenoxy) is 1. The molecule has 3 aliphatic heterocycles. The summed E-state index contributed by atoms with van der Waals surface area (Å²) >= 11 is 0. The van der Waals surface area contributed by atoms with Crippen LogP contribution in [0.25, 0.3) is 0 Å². The Morgan fingerprint density at radius 2 is 2.00 bits per heavy atom. The largest absolute Gasteiger partial charge is 0.372 e. The van der Waals surface area contributed by atoms with Gasteiger partial charge in [-0.2, -0.15) is 10.2 Å². The maximum absolute atomic E-state index is 13.2. The third-order valence-corrected chi connectivity index (χ3v) is 6.13. The standard InChI is InChI=1S/C21H23N3O2/c1-20(2)8-15-18(16(25)9-20)21(14-11-22-24-19(14)23-15)10-17(26-12-21)13-6-4-3-5-7-13/h3-7,11,17,19,23H,8-10,12H2,1-2H3/t17-,19?,21-/m1/s1. The molecule has 4 aliphatic rings. The zero-order valence-corrected chi connectivity index (χ0v) is 15.2. The van der Waals surface area contributed by atoms with Crippen LogP contribution >= 0.6 is 0 Å². The molecule has 1 aromatic rings. The summed E-state index contributed by atoms with van der Waals surface area (Å²) < 4.78 is 6.25. The van der Waals surface area contributed by atoms with E-state index in [0.29, 0.717) is 13.0 Å². The molecule has 26 heavy (non-hydrogen) atoms. The van der Waals surface area contributed by atoms with Gasteiger partial charge >= 0.3 is 0 Å². The number of hydrogen-bond acceptors (Lipinski definition) is 5. The van der Waals surface area contributed by atoms with Crippen LogP contribution in [-0.2, 0) is 9.53 Å². The zero-order valence-electron chi connectivity index (χ0n) is 15.2. The second kappa shape index (κ2) is 5.36. The SMILES string of the molecule is CC1(C)CC(=O)C2=C(C1)NC1N=NC=C1[C@@]21CO[C@@H](c2ccccc2)C1. The molecule has 0 aromatic heterocycles. The first-order valence-electron chi connectivity index (χ1n) is 9.29. The molecule has 1 spiro atoms. The lowest BCUT2D eigenvalue weighted by Gasteiger charge is -2.45. The summed E-state index contributed by atoms with van der Waals surface area (Å²) in [6.45, 7) is 4.83. The molecule has 0 radical (unpaired) electrons. The lowest BCUT2D eigenvalue weighted by atomic mass is 9.61. The van der Waals surface area contributed by atoms with Gasteiger partial charge in [0.1, 0.15) is 0 Å². The summed E-state index contributed by atoms with van der Waals surface area (Å²) in [4.78, 5) is 13.2. The van der Waals surface area contributed by atoms with Crippen LogP contribution in [0.3, 0.4) is 0 Å². The Bertz CT molecular complexity index is 869. The molecule has 134 valence electrons. The molecule has 5 nitrogen and oxygen atoms in total. The molecule has 1 saturated heterocycles. The van der Waals surface area contributed by atoms with Crippen molar-refractivity contribution in [2.75, 3.05) is 6.61 Å². The molecule has 5 heteroatoms. The fraction of sp³-hybridized carbons (Fsp3) is 0.476. The molecular formula is C21H23N3O2. The van der Waals surface area contributed by atoms with Crippen LogP contribution in [0, 0.1) is 10.8 Å². The maximum Gasteiger partial charge on any atom is 0.164 e. The predicted octanol–water partition coefficient (Wildman–Crippen LogP) is 4.06. The average Bonchev–Trinajstić information content (AvgIpc) is 3.22. The predicted molar refractivity (Wildman–Crippen MR) is 97.1 cm³/mol. The van der Waals surface area contributed by atoms with Crippen LogP contribution in [0.1, 0.15) is 44.8 Å². The van der Waals surface area contributed by atoms with Crippen LogP contribution in [0.5, 0.6) is 0 Å². The number of benzene rings is 1. The average molecular weight is 349 g/mol. The fourth-order valence-corrected chi connectivity index (χ4v) is 5.03. The van der Waals surface area contributed by atoms with Gasteiger partial charge in [0.05, 0.1) is 24.3 Å². The highest BCUT2D eigenvalue weighted by molar-refractivity contribution is 6.00. The number of hydrogen-bond donors (Lipinski definition) is 1. The normalized spacial score (nSPS) is 34.5. The number of azo groups is 1. The van der Waals surface area contributed by atoms with Crippen LogP contribution in [-0.4, -0.2) is 18.6 Å². The number of allylic oxidation sites excluding steroid dienone is 1. The van der Waals surface area contributed by atoms with Crippen molar-refractivity contribution < 1.29 is 9.53 Å². The van der Waals surface area contributed by atoms with Gasteiger partial charge in [-0.3, -0.25) is 4.79 Å². The Morgan fingerprint density at radius 3 is 2.81 bits per heavy atom. The second-order valence-corrected chi connectivity index (χ2v) is 8.65. The molecular weight excluding hydrogens is 326 g/mol. The lowest BCUT2D eigenvalue weighted by molar-refractivity contribution is -0.119. The summed E-state index contributed by atoms with van der Waals surface area (Å²) in [6.07, 6.45) is 3.90. The first-order valence-corrected chi connectivity index (χ1v) is 9.29. The van der Waals surface area contributed by atoms with Crippen LogP contribution in [0.2, 0.25) is 0 Å².